The highest BCUT2D eigenvalue weighted by atomic mass is 32.2. The number of piperidine rings is 1. The number of aryl methyl sites for hydroxylation is 1. The number of nitrogens with zero attached hydrogens (tertiary/aromatic N) is 5. The van der Waals surface area contributed by atoms with E-state index in [1.54, 1.807) is 6.26 Å². The second kappa shape index (κ2) is 11.9. The molecule has 204 valence electrons. The van der Waals surface area contributed by atoms with E-state index in [-0.39, 0.29) is 11.9 Å². The number of oxazole rings is 1. The first-order valence-electron chi connectivity index (χ1n) is 13.3. The number of aromatic nitrogens is 4. The first kappa shape index (κ1) is 26.1. The lowest BCUT2D eigenvalue weighted by Gasteiger charge is -2.32. The summed E-state index contributed by atoms with van der Waals surface area (Å²) < 4.78 is 13.2. The van der Waals surface area contributed by atoms with Gasteiger partial charge in [0.15, 0.2) is 16.6 Å². The Morgan fingerprint density at radius 1 is 1.02 bits per heavy atom. The van der Waals surface area contributed by atoms with Gasteiger partial charge in [0.05, 0.1) is 17.7 Å². The second-order valence-corrected chi connectivity index (χ2v) is 10.8. The topological polar surface area (TPSA) is 102 Å². The zero-order valence-corrected chi connectivity index (χ0v) is 23.0. The summed E-state index contributed by atoms with van der Waals surface area (Å²) >= 11 is 1.43. The van der Waals surface area contributed by atoms with Crippen LogP contribution < -0.4 is 5.32 Å². The largest absolute Gasteiger partial charge is 0.461 e. The van der Waals surface area contributed by atoms with Crippen LogP contribution in [0.4, 0.5) is 0 Å². The number of carbonyl (C=O) groups excluding carboxylic acids is 1. The molecule has 1 aliphatic heterocycles. The first-order valence-corrected chi connectivity index (χ1v) is 14.3. The van der Waals surface area contributed by atoms with Gasteiger partial charge in [0.25, 0.3) is 5.91 Å². The third kappa shape index (κ3) is 6.03. The Bertz CT molecular complexity index is 1560. The van der Waals surface area contributed by atoms with Crippen molar-refractivity contribution in [3.8, 4) is 17.3 Å². The minimum Gasteiger partial charge on any atom is -0.461 e. The van der Waals surface area contributed by atoms with Crippen LogP contribution in [0.3, 0.4) is 0 Å². The zero-order valence-electron chi connectivity index (χ0n) is 22.2. The van der Waals surface area contributed by atoms with Gasteiger partial charge in [-0.15, -0.1) is 10.2 Å². The van der Waals surface area contributed by atoms with Crippen LogP contribution in [0, 0.1) is 6.92 Å². The van der Waals surface area contributed by atoms with Crippen LogP contribution in [-0.4, -0.2) is 49.7 Å². The highest BCUT2D eigenvalue weighted by Gasteiger charge is 2.23. The minimum atomic E-state index is -0.204. The predicted octanol–water partition coefficient (Wildman–Crippen LogP) is 5.51. The van der Waals surface area contributed by atoms with Crippen molar-refractivity contribution in [2.45, 2.75) is 43.3 Å². The molecule has 40 heavy (non-hydrogen) atoms. The van der Waals surface area contributed by atoms with Crippen molar-refractivity contribution >= 4 is 17.7 Å². The predicted molar refractivity (Wildman–Crippen MR) is 152 cm³/mol. The molecule has 9 nitrogen and oxygen atoms in total. The normalized spacial score (nSPS) is 14.4. The Kier molecular flexibility index (Phi) is 7.78. The number of benzene rings is 2. The van der Waals surface area contributed by atoms with Crippen molar-refractivity contribution in [2.24, 2.45) is 0 Å². The molecule has 1 saturated heterocycles. The lowest BCUT2D eigenvalue weighted by Crippen LogP contribution is -2.44. The zero-order chi connectivity index (χ0) is 27.3. The molecular weight excluding hydrogens is 524 g/mol. The van der Waals surface area contributed by atoms with Crippen molar-refractivity contribution in [2.75, 3.05) is 13.1 Å². The van der Waals surface area contributed by atoms with E-state index in [0.717, 1.165) is 43.7 Å². The van der Waals surface area contributed by atoms with E-state index in [2.05, 4.69) is 55.7 Å². The van der Waals surface area contributed by atoms with E-state index >= 15 is 0 Å². The quantitative estimate of drug-likeness (QED) is 0.238. The molecule has 6 rings (SSSR count). The number of nitrogens with one attached hydrogen (secondary N) is 1. The monoisotopic (exact) mass is 554 g/mol. The van der Waals surface area contributed by atoms with Crippen molar-refractivity contribution in [3.63, 3.8) is 0 Å². The Labute approximate surface area is 236 Å². The summed E-state index contributed by atoms with van der Waals surface area (Å²) in [5, 5.41) is 12.6. The standard InChI is InChI=1S/C30H30N6O3S/c1-21-7-5-10-24(17-21)36-28(26-11-6-16-38-26)33-34-30(36)40-20-27-32-25(19-39-27)29(37)31-23-12-14-35(15-13-23)18-22-8-3-2-4-9-22/h2-11,16-17,19,23H,12-15,18,20H2,1H3,(H,31,37). The van der Waals surface area contributed by atoms with Gasteiger partial charge in [-0.2, -0.15) is 0 Å². The molecule has 2 aromatic carbocycles. The van der Waals surface area contributed by atoms with Crippen LogP contribution in [0.1, 0.15) is 40.3 Å². The summed E-state index contributed by atoms with van der Waals surface area (Å²) in [6, 6.07) is 22.4. The molecule has 0 bridgehead atoms. The van der Waals surface area contributed by atoms with Crippen molar-refractivity contribution in [1.29, 1.82) is 0 Å². The van der Waals surface area contributed by atoms with E-state index in [4.69, 9.17) is 8.83 Å². The van der Waals surface area contributed by atoms with Crippen LogP contribution in [0.2, 0.25) is 0 Å². The first-order chi connectivity index (χ1) is 19.6. The van der Waals surface area contributed by atoms with Gasteiger partial charge in [-0.3, -0.25) is 14.3 Å². The molecule has 1 aliphatic rings. The molecule has 0 radical (unpaired) electrons. The number of furan rings is 1. The number of rotatable bonds is 9. The Morgan fingerprint density at radius 2 is 1.88 bits per heavy atom. The molecule has 3 aromatic heterocycles. The van der Waals surface area contributed by atoms with Crippen LogP contribution >= 0.6 is 11.8 Å². The summed E-state index contributed by atoms with van der Waals surface area (Å²) in [5.74, 6) is 1.88. The molecule has 1 amide bonds. The minimum absolute atomic E-state index is 0.127. The van der Waals surface area contributed by atoms with Gasteiger partial charge in [0.1, 0.15) is 6.26 Å². The molecule has 0 aliphatic carbocycles. The van der Waals surface area contributed by atoms with Gasteiger partial charge in [-0.1, -0.05) is 54.2 Å². The molecule has 4 heterocycles. The molecule has 1 fully saturated rings. The Hall–Kier alpha value is -4.15. The van der Waals surface area contributed by atoms with Crippen LogP contribution in [0.15, 0.2) is 93.2 Å². The van der Waals surface area contributed by atoms with Gasteiger partial charge in [0.2, 0.25) is 11.7 Å². The van der Waals surface area contributed by atoms with E-state index in [1.807, 2.05) is 47.9 Å². The van der Waals surface area contributed by atoms with Gasteiger partial charge in [-0.05, 0) is 55.2 Å². The van der Waals surface area contributed by atoms with E-state index < -0.39 is 0 Å². The molecular formula is C30H30N6O3S. The molecule has 5 aromatic rings. The Balaban J connectivity index is 1.07. The van der Waals surface area contributed by atoms with Gasteiger partial charge in [-0.25, -0.2) is 4.98 Å². The molecule has 0 unspecified atom stereocenters. The van der Waals surface area contributed by atoms with Gasteiger partial charge < -0.3 is 14.2 Å². The summed E-state index contributed by atoms with van der Waals surface area (Å²) in [6.45, 7) is 4.87. The second-order valence-electron chi connectivity index (χ2n) is 9.88. The Morgan fingerprint density at radius 3 is 2.65 bits per heavy atom. The molecule has 10 heteroatoms. The number of carbonyl (C=O) groups is 1. The van der Waals surface area contributed by atoms with E-state index in [1.165, 1.54) is 23.6 Å². The summed E-state index contributed by atoms with van der Waals surface area (Å²) in [5.41, 5.74) is 3.66. The van der Waals surface area contributed by atoms with Crippen molar-refractivity contribution in [3.05, 3.63) is 102 Å². The van der Waals surface area contributed by atoms with E-state index in [0.29, 0.717) is 34.1 Å². The fourth-order valence-corrected chi connectivity index (χ4v) is 5.68. The summed E-state index contributed by atoms with van der Waals surface area (Å²) in [4.78, 5) is 19.8. The van der Waals surface area contributed by atoms with Gasteiger partial charge >= 0.3 is 0 Å². The summed E-state index contributed by atoms with van der Waals surface area (Å²) in [6.07, 6.45) is 4.86. The third-order valence-electron chi connectivity index (χ3n) is 6.92. The highest BCUT2D eigenvalue weighted by molar-refractivity contribution is 7.98. The maximum Gasteiger partial charge on any atom is 0.273 e. The SMILES string of the molecule is Cc1cccc(-n2c(SCc3nc(C(=O)NC4CCN(Cc5ccccc5)CC4)co3)nnc2-c2ccco2)c1. The lowest BCUT2D eigenvalue weighted by molar-refractivity contribution is 0.0904. The maximum atomic E-state index is 12.9. The van der Waals surface area contributed by atoms with E-state index in [9.17, 15) is 4.79 Å². The maximum absolute atomic E-state index is 12.9. The fourth-order valence-electron chi connectivity index (χ4n) is 4.87. The number of likely N-dealkylation sites (tertiary alicyclic amines) is 1. The lowest BCUT2D eigenvalue weighted by atomic mass is 10.0. The highest BCUT2D eigenvalue weighted by Crippen LogP contribution is 2.30. The molecule has 0 spiro atoms. The number of amides is 1. The van der Waals surface area contributed by atoms with Crippen LogP contribution in [0.5, 0.6) is 0 Å². The average Bonchev–Trinajstić information content (AvgIpc) is 3.75. The summed E-state index contributed by atoms with van der Waals surface area (Å²) in [7, 11) is 0. The van der Waals surface area contributed by atoms with Crippen molar-refractivity contribution < 1.29 is 13.6 Å². The third-order valence-corrected chi connectivity index (χ3v) is 7.83. The molecule has 0 atom stereocenters. The average molecular weight is 555 g/mol. The van der Waals surface area contributed by atoms with Crippen LogP contribution in [-0.2, 0) is 12.3 Å². The fraction of sp³-hybridized carbons (Fsp3) is 0.267. The van der Waals surface area contributed by atoms with Crippen LogP contribution in [0.25, 0.3) is 17.3 Å². The number of thioether (sulfide) groups is 1. The molecule has 0 saturated carbocycles. The molecule has 1 N–H and O–H groups in total. The van der Waals surface area contributed by atoms with Gasteiger partial charge in [0, 0.05) is 25.7 Å². The number of hydrogen-bond donors (Lipinski definition) is 1. The smallest absolute Gasteiger partial charge is 0.273 e. The number of hydrogen-bond acceptors (Lipinski definition) is 8. The van der Waals surface area contributed by atoms with Crippen molar-refractivity contribution in [1.82, 2.24) is 30.0 Å².